The maximum atomic E-state index is 12.6. The van der Waals surface area contributed by atoms with Crippen LogP contribution in [0.4, 0.5) is 0 Å². The zero-order chi connectivity index (χ0) is 15.5. The first-order valence-electron chi connectivity index (χ1n) is 10.3. The highest BCUT2D eigenvalue weighted by atomic mass is 28.2. The number of hydrogen-bond acceptors (Lipinski definition) is 1. The van der Waals surface area contributed by atoms with Crippen LogP contribution in [0.3, 0.4) is 0 Å². The Morgan fingerprint density at radius 2 is 2.00 bits per heavy atom. The molecule has 11 aliphatic rings. The summed E-state index contributed by atoms with van der Waals surface area (Å²) in [7, 11) is -0.0208. The van der Waals surface area contributed by atoms with Crippen molar-refractivity contribution < 1.29 is 4.79 Å². The summed E-state index contributed by atoms with van der Waals surface area (Å²) >= 11 is 0. The van der Waals surface area contributed by atoms with E-state index in [0.29, 0.717) is 16.2 Å². The van der Waals surface area contributed by atoms with Gasteiger partial charge in [0, 0.05) is 9.52 Å². The minimum Gasteiger partial charge on any atom is -0.369 e. The van der Waals surface area contributed by atoms with Crippen molar-refractivity contribution in [1.82, 2.24) is 0 Å². The zero-order valence-corrected chi connectivity index (χ0v) is 15.3. The van der Waals surface area contributed by atoms with Crippen molar-refractivity contribution in [2.24, 2.45) is 62.4 Å². The Bertz CT molecular complexity index is 874. The average molecular weight is 334 g/mol. The molecule has 122 valence electrons. The lowest BCUT2D eigenvalue weighted by molar-refractivity contribution is -0.195. The molecule has 10 fully saturated rings. The summed E-state index contributed by atoms with van der Waals surface area (Å²) in [5, 5.41) is 0. The van der Waals surface area contributed by atoms with Crippen molar-refractivity contribution >= 4 is 15.4 Å². The molecule has 11 rings (SSSR count). The first-order chi connectivity index (χ1) is 11.6. The highest BCUT2D eigenvalue weighted by molar-refractivity contribution is 6.42. The van der Waals surface area contributed by atoms with Gasteiger partial charge in [0.1, 0.15) is 0 Å². The number of carbonyl (C=O) groups excluding carboxylic acids is 1. The third-order valence-electron chi connectivity index (χ3n) is 12.0. The van der Waals surface area contributed by atoms with E-state index >= 15 is 0 Å². The molecule has 1 amide bonds. The fourth-order valence-electron chi connectivity index (χ4n) is 12.7. The van der Waals surface area contributed by atoms with Crippen LogP contribution >= 0.6 is 0 Å². The lowest BCUT2D eigenvalue weighted by Gasteiger charge is -2.65. The fourth-order valence-corrected chi connectivity index (χ4v) is 16.1. The lowest BCUT2D eigenvalue weighted by atomic mass is 9.37. The Morgan fingerprint density at radius 1 is 1.12 bits per heavy atom. The van der Waals surface area contributed by atoms with Crippen LogP contribution in [-0.4, -0.2) is 15.4 Å². The average Bonchev–Trinajstić information content (AvgIpc) is 3.28. The summed E-state index contributed by atoms with van der Waals surface area (Å²) in [6, 6.07) is 0. The molecule has 4 spiro atoms. The first-order valence-corrected chi connectivity index (χ1v) is 11.9. The number of fused-ring (bicyclic) bond motifs is 1. The van der Waals surface area contributed by atoms with Gasteiger partial charge >= 0.3 is 0 Å². The number of carbonyl (C=O) groups is 1. The molecule has 0 aromatic rings. The molecule has 0 radical (unpaired) electrons. The Kier molecular flexibility index (Phi) is 1.25. The minimum absolute atomic E-state index is 0.0194. The Labute approximate surface area is 144 Å². The summed E-state index contributed by atoms with van der Waals surface area (Å²) in [6.45, 7) is 0. The number of nitrogens with two attached hydrogens (primary N) is 1. The van der Waals surface area contributed by atoms with Gasteiger partial charge < -0.3 is 5.73 Å². The van der Waals surface area contributed by atoms with Crippen LogP contribution in [0.25, 0.3) is 0 Å². The van der Waals surface area contributed by atoms with Crippen LogP contribution < -0.4 is 5.73 Å². The van der Waals surface area contributed by atoms with Gasteiger partial charge in [0.2, 0.25) is 5.91 Å². The maximum absolute atomic E-state index is 12.6. The molecule has 9 saturated carbocycles. The quantitative estimate of drug-likeness (QED) is 0.772. The van der Waals surface area contributed by atoms with Gasteiger partial charge in [-0.3, -0.25) is 4.79 Å². The highest BCUT2D eigenvalue weighted by Gasteiger charge is 3.35. The Morgan fingerprint density at radius 3 is 2.83 bits per heavy atom. The Balaban J connectivity index is 1.21. The van der Waals surface area contributed by atoms with E-state index in [4.69, 9.17) is 5.73 Å². The van der Waals surface area contributed by atoms with E-state index < -0.39 is 0 Å². The van der Waals surface area contributed by atoms with Gasteiger partial charge in [0.05, 0.1) is 5.41 Å². The largest absolute Gasteiger partial charge is 0.369 e. The molecule has 3 heteroatoms. The van der Waals surface area contributed by atoms with Crippen LogP contribution in [0, 0.1) is 56.7 Å². The molecule has 10 aliphatic carbocycles. The number of amides is 1. The summed E-state index contributed by atoms with van der Waals surface area (Å²) in [5.74, 6) is 4.84. The lowest BCUT2D eigenvalue weighted by Crippen LogP contribution is -2.66. The van der Waals surface area contributed by atoms with E-state index in [2.05, 4.69) is 24.3 Å². The summed E-state index contributed by atoms with van der Waals surface area (Å²) < 4.78 is 0. The van der Waals surface area contributed by atoms with Gasteiger partial charge in [-0.15, -0.1) is 0 Å². The number of rotatable bonds is 2. The van der Waals surface area contributed by atoms with Crippen LogP contribution in [0.2, 0.25) is 11.1 Å². The number of primary amides is 1. The molecule has 1 aliphatic heterocycles. The normalized spacial score (nSPS) is 81.1. The smallest absolute Gasteiger partial charge is 0.224 e. The molecule has 12 unspecified atom stereocenters. The van der Waals surface area contributed by atoms with Gasteiger partial charge in [-0.05, 0) is 88.0 Å². The SMILES string of the molecule is NC(=O)C12CC3CC45C6C14C1C(C2)(C3C2CC3C=CC=CC3[SiH2]2)C165. The van der Waals surface area contributed by atoms with E-state index in [0.717, 1.165) is 46.1 Å². The van der Waals surface area contributed by atoms with Crippen molar-refractivity contribution in [3.05, 3.63) is 24.3 Å². The van der Waals surface area contributed by atoms with E-state index in [-0.39, 0.29) is 20.8 Å². The van der Waals surface area contributed by atoms with E-state index in [1.54, 1.807) is 0 Å². The van der Waals surface area contributed by atoms with Crippen LogP contribution in [0.5, 0.6) is 0 Å². The molecule has 0 aromatic carbocycles. The third kappa shape index (κ3) is 0.596. The van der Waals surface area contributed by atoms with E-state index in [9.17, 15) is 4.79 Å². The number of hydrogen-bond donors (Lipinski definition) is 1. The van der Waals surface area contributed by atoms with Gasteiger partial charge in [-0.1, -0.05) is 24.3 Å². The monoisotopic (exact) mass is 333 g/mol. The molecular weight excluding hydrogens is 310 g/mol. The standard InChI is InChI=1S/C21H23NOSi/c22-16(23)17-6-10-7-19-15-20(17,19)14-18(8-17,21(14,15)19)13(10)12-5-9-3-1-2-4-11(9)24-12/h1-4,9-15H,5-8,24H2,(H2,22,23). The van der Waals surface area contributed by atoms with Crippen molar-refractivity contribution in [3.8, 4) is 0 Å². The third-order valence-corrected chi connectivity index (χ3v) is 14.9. The molecule has 0 aromatic heterocycles. The van der Waals surface area contributed by atoms with Crippen LogP contribution in [0.1, 0.15) is 25.7 Å². The maximum Gasteiger partial charge on any atom is 0.224 e. The predicted molar refractivity (Wildman–Crippen MR) is 91.6 cm³/mol. The summed E-state index contributed by atoms with van der Waals surface area (Å²) in [5.41, 5.74) is 10.7. The fraction of sp³-hybridized carbons (Fsp3) is 0.762. The van der Waals surface area contributed by atoms with E-state index in [1.165, 1.54) is 25.7 Å². The second-order valence-corrected chi connectivity index (χ2v) is 13.7. The molecule has 2 N–H and O–H groups in total. The van der Waals surface area contributed by atoms with Gasteiger partial charge in [0.15, 0.2) is 0 Å². The van der Waals surface area contributed by atoms with Crippen molar-refractivity contribution in [2.45, 2.75) is 36.8 Å². The van der Waals surface area contributed by atoms with Gasteiger partial charge in [-0.2, -0.15) is 0 Å². The second kappa shape index (κ2) is 2.57. The first kappa shape index (κ1) is 11.7. The highest BCUT2D eigenvalue weighted by Crippen LogP contribution is 3.37. The van der Waals surface area contributed by atoms with Gasteiger partial charge in [-0.25, -0.2) is 0 Å². The zero-order valence-electron chi connectivity index (χ0n) is 13.9. The molecule has 2 nitrogen and oxygen atoms in total. The van der Waals surface area contributed by atoms with Crippen LogP contribution in [0.15, 0.2) is 24.3 Å². The van der Waals surface area contributed by atoms with Gasteiger partial charge in [0.25, 0.3) is 0 Å². The summed E-state index contributed by atoms with van der Waals surface area (Å²) in [6.07, 6.45) is 15.1. The second-order valence-electron chi connectivity index (χ2n) is 11.3. The molecule has 12 atom stereocenters. The molecule has 1 saturated heterocycles. The van der Waals surface area contributed by atoms with Crippen molar-refractivity contribution in [3.63, 3.8) is 0 Å². The van der Waals surface area contributed by atoms with Crippen molar-refractivity contribution in [1.29, 1.82) is 0 Å². The minimum atomic E-state index is -0.0208. The topological polar surface area (TPSA) is 43.1 Å². The molecule has 24 heavy (non-hydrogen) atoms. The Hall–Kier alpha value is -0.833. The summed E-state index contributed by atoms with van der Waals surface area (Å²) in [4.78, 5) is 12.6. The molecule has 1 heterocycles. The molecular formula is C21H23NOSi. The molecule has 6 bridgehead atoms. The van der Waals surface area contributed by atoms with Crippen molar-refractivity contribution in [2.75, 3.05) is 0 Å². The van der Waals surface area contributed by atoms with E-state index in [1.807, 2.05) is 0 Å². The predicted octanol–water partition coefficient (Wildman–Crippen LogP) is 2.03. The number of allylic oxidation sites excluding steroid dienone is 4. The van der Waals surface area contributed by atoms with Crippen LogP contribution in [-0.2, 0) is 4.79 Å².